The molecule has 2 aliphatic rings. The fraction of sp³-hybridized carbons (Fsp3) is 0.577. The Morgan fingerprint density at radius 2 is 1.85 bits per heavy atom. The summed E-state index contributed by atoms with van der Waals surface area (Å²) in [5, 5.41) is 0.374. The third-order valence-electron chi connectivity index (χ3n) is 7.70. The molecule has 1 saturated heterocycles. The van der Waals surface area contributed by atoms with Crippen molar-refractivity contribution in [2.24, 2.45) is 16.7 Å². The van der Waals surface area contributed by atoms with E-state index in [-0.39, 0.29) is 28.8 Å². The van der Waals surface area contributed by atoms with Crippen molar-refractivity contribution in [1.82, 2.24) is 0 Å². The van der Waals surface area contributed by atoms with Crippen LogP contribution in [-0.2, 0) is 25.7 Å². The number of hydrogen-bond acceptors (Lipinski definition) is 7. The summed E-state index contributed by atoms with van der Waals surface area (Å²) in [5.41, 5.74) is -2.18. The molecule has 8 heteroatoms. The lowest BCUT2D eigenvalue weighted by molar-refractivity contribution is -0.184. The highest BCUT2D eigenvalue weighted by atomic mass is 79.9. The number of esters is 2. The Balaban J connectivity index is 1.73. The highest BCUT2D eigenvalue weighted by Gasteiger charge is 2.76. The van der Waals surface area contributed by atoms with Crippen molar-refractivity contribution in [2.75, 3.05) is 6.61 Å². The summed E-state index contributed by atoms with van der Waals surface area (Å²) in [6.07, 6.45) is 0.972. The Bertz CT molecular complexity index is 1210. The van der Waals surface area contributed by atoms with Crippen LogP contribution in [0.2, 0.25) is 0 Å². The maximum absolute atomic E-state index is 13.4. The van der Waals surface area contributed by atoms with E-state index in [0.717, 1.165) is 0 Å². The van der Waals surface area contributed by atoms with Gasteiger partial charge in [0.1, 0.15) is 23.7 Å². The average Bonchev–Trinajstić information content (AvgIpc) is 3.06. The number of halogens is 1. The van der Waals surface area contributed by atoms with Crippen molar-refractivity contribution in [2.45, 2.75) is 71.4 Å². The van der Waals surface area contributed by atoms with Crippen molar-refractivity contribution in [3.05, 3.63) is 39.7 Å². The van der Waals surface area contributed by atoms with Crippen LogP contribution in [0.4, 0.5) is 0 Å². The Morgan fingerprint density at radius 3 is 2.41 bits per heavy atom. The predicted molar refractivity (Wildman–Crippen MR) is 130 cm³/mol. The van der Waals surface area contributed by atoms with Crippen LogP contribution >= 0.6 is 15.9 Å². The quantitative estimate of drug-likeness (QED) is 0.344. The van der Waals surface area contributed by atoms with E-state index in [9.17, 15) is 14.4 Å². The summed E-state index contributed by atoms with van der Waals surface area (Å²) in [6, 6.07) is 4.81. The van der Waals surface area contributed by atoms with E-state index in [1.54, 1.807) is 12.1 Å². The lowest BCUT2D eigenvalue weighted by Gasteiger charge is -2.34. The standard InChI is InChI=1S/C26H31BrO7/c1-14(2)12-31-19-8-7-16-18(28)11-20(15(3)27)33-21(16)17(19)13-32-23(30)26-10-9-25(6,22(29)34-26)24(26,4)5/h7-8,11,14-15H,9-10,12-13H2,1-6H3/t15?,25-,26+/m1/s1. The summed E-state index contributed by atoms with van der Waals surface area (Å²) in [5.74, 6) is 0.246. The SMILES string of the molecule is CC(C)COc1ccc2c(=O)cc(C(C)Br)oc2c1COC(=O)[C@]12CC[C@](C)(C(=O)O1)C2(C)C. The zero-order valence-electron chi connectivity index (χ0n) is 20.5. The molecular weight excluding hydrogens is 504 g/mol. The molecule has 1 aliphatic carbocycles. The second-order valence-electron chi connectivity index (χ2n) is 10.5. The number of fused-ring (bicyclic) bond motifs is 3. The maximum Gasteiger partial charge on any atom is 0.351 e. The van der Waals surface area contributed by atoms with Gasteiger partial charge in [0.05, 0.1) is 27.8 Å². The minimum Gasteiger partial charge on any atom is -0.493 e. The monoisotopic (exact) mass is 534 g/mol. The molecule has 1 aliphatic heterocycles. The van der Waals surface area contributed by atoms with Gasteiger partial charge in [-0.05, 0) is 44.7 Å². The number of rotatable bonds is 7. The number of benzene rings is 1. The van der Waals surface area contributed by atoms with Gasteiger partial charge in [0, 0.05) is 11.5 Å². The van der Waals surface area contributed by atoms with Crippen molar-refractivity contribution in [3.8, 4) is 5.75 Å². The maximum atomic E-state index is 13.4. The molecular formula is C26H31BrO7. The van der Waals surface area contributed by atoms with Crippen LogP contribution in [0.25, 0.3) is 11.0 Å². The number of carbonyl (C=O) groups is 2. The number of hydrogen-bond donors (Lipinski definition) is 0. The van der Waals surface area contributed by atoms with E-state index in [1.807, 2.05) is 41.5 Å². The molecule has 0 radical (unpaired) electrons. The predicted octanol–water partition coefficient (Wildman–Crippen LogP) is 5.45. The van der Waals surface area contributed by atoms with Crippen LogP contribution in [0, 0.1) is 16.7 Å². The molecule has 2 fully saturated rings. The number of carbonyl (C=O) groups excluding carboxylic acids is 2. The molecule has 4 rings (SSSR count). The van der Waals surface area contributed by atoms with Crippen molar-refractivity contribution in [1.29, 1.82) is 0 Å². The second kappa shape index (κ2) is 8.40. The lowest BCUT2D eigenvalue weighted by atomic mass is 9.66. The first-order chi connectivity index (χ1) is 15.8. The van der Waals surface area contributed by atoms with E-state index in [4.69, 9.17) is 18.6 Å². The first kappa shape index (κ1) is 24.8. The van der Waals surface area contributed by atoms with Crippen LogP contribution in [-0.4, -0.2) is 24.1 Å². The van der Waals surface area contributed by atoms with Crippen molar-refractivity contribution >= 4 is 38.8 Å². The van der Waals surface area contributed by atoms with Crippen LogP contribution in [0.1, 0.15) is 70.5 Å². The summed E-state index contributed by atoms with van der Waals surface area (Å²) >= 11 is 3.45. The molecule has 1 aromatic carbocycles. The number of ether oxygens (including phenoxy) is 3. The minimum absolute atomic E-state index is 0.182. The first-order valence-electron chi connectivity index (χ1n) is 11.6. The van der Waals surface area contributed by atoms with Gasteiger partial charge in [0.2, 0.25) is 5.60 Å². The number of alkyl halides is 1. The van der Waals surface area contributed by atoms with Crippen LogP contribution in [0.15, 0.2) is 27.4 Å². The topological polar surface area (TPSA) is 92.0 Å². The highest BCUT2D eigenvalue weighted by molar-refractivity contribution is 9.09. The van der Waals surface area contributed by atoms with Gasteiger partial charge >= 0.3 is 11.9 Å². The molecule has 0 amide bonds. The van der Waals surface area contributed by atoms with Gasteiger partial charge in [-0.2, -0.15) is 0 Å². The van der Waals surface area contributed by atoms with Crippen LogP contribution < -0.4 is 10.2 Å². The van der Waals surface area contributed by atoms with E-state index < -0.39 is 22.4 Å². The van der Waals surface area contributed by atoms with Crippen LogP contribution in [0.5, 0.6) is 5.75 Å². The van der Waals surface area contributed by atoms with Crippen LogP contribution in [0.3, 0.4) is 0 Å². The zero-order valence-corrected chi connectivity index (χ0v) is 22.0. The van der Waals surface area contributed by atoms with Gasteiger partial charge in [-0.15, -0.1) is 0 Å². The third-order valence-corrected chi connectivity index (χ3v) is 8.15. The molecule has 1 unspecified atom stereocenters. The van der Waals surface area contributed by atoms with Gasteiger partial charge < -0.3 is 18.6 Å². The van der Waals surface area contributed by atoms with E-state index in [1.165, 1.54) is 6.07 Å². The molecule has 1 saturated carbocycles. The Labute approximate surface area is 207 Å². The fourth-order valence-electron chi connectivity index (χ4n) is 4.96. The van der Waals surface area contributed by atoms with E-state index in [0.29, 0.717) is 47.5 Å². The van der Waals surface area contributed by atoms with Gasteiger partial charge in [-0.3, -0.25) is 9.59 Å². The first-order valence-corrected chi connectivity index (χ1v) is 12.5. The molecule has 0 spiro atoms. The summed E-state index contributed by atoms with van der Waals surface area (Å²) in [4.78, 5) is 38.6. The summed E-state index contributed by atoms with van der Waals surface area (Å²) < 4.78 is 23.5. The molecule has 2 aromatic rings. The van der Waals surface area contributed by atoms with Crippen molar-refractivity contribution < 1.29 is 28.2 Å². The summed E-state index contributed by atoms with van der Waals surface area (Å²) in [6.45, 7) is 11.8. The molecule has 0 N–H and O–H groups in total. The second-order valence-corrected chi connectivity index (χ2v) is 11.9. The average molecular weight is 535 g/mol. The Kier molecular flexibility index (Phi) is 6.12. The largest absolute Gasteiger partial charge is 0.493 e. The lowest BCUT2D eigenvalue weighted by Crippen LogP contribution is -2.48. The molecule has 2 bridgehead atoms. The smallest absolute Gasteiger partial charge is 0.351 e. The molecule has 34 heavy (non-hydrogen) atoms. The molecule has 3 atom stereocenters. The van der Waals surface area contributed by atoms with Gasteiger partial charge in [-0.1, -0.05) is 43.6 Å². The Morgan fingerprint density at radius 1 is 1.15 bits per heavy atom. The normalized spacial score (nSPS) is 26.1. The van der Waals surface area contributed by atoms with Gasteiger partial charge in [0.15, 0.2) is 5.43 Å². The Hall–Kier alpha value is -2.35. The fourth-order valence-corrected chi connectivity index (χ4v) is 5.18. The van der Waals surface area contributed by atoms with Crippen molar-refractivity contribution in [3.63, 3.8) is 0 Å². The van der Waals surface area contributed by atoms with Gasteiger partial charge in [0.25, 0.3) is 0 Å². The molecule has 1 aromatic heterocycles. The zero-order chi connectivity index (χ0) is 25.1. The van der Waals surface area contributed by atoms with E-state index >= 15 is 0 Å². The molecule has 184 valence electrons. The van der Waals surface area contributed by atoms with Gasteiger partial charge in [-0.25, -0.2) is 4.79 Å². The molecule has 7 nitrogen and oxygen atoms in total. The minimum atomic E-state index is -1.33. The third kappa shape index (κ3) is 3.56. The molecule has 2 heterocycles. The highest BCUT2D eigenvalue weighted by Crippen LogP contribution is 2.65. The summed E-state index contributed by atoms with van der Waals surface area (Å²) in [7, 11) is 0. The van der Waals surface area contributed by atoms with E-state index in [2.05, 4.69) is 15.9 Å².